The van der Waals surface area contributed by atoms with Gasteiger partial charge in [-0.25, -0.2) is 9.78 Å². The lowest BCUT2D eigenvalue weighted by Crippen LogP contribution is -2.42. The van der Waals surface area contributed by atoms with E-state index < -0.39 is 11.9 Å². The molecule has 1 amide bonds. The van der Waals surface area contributed by atoms with Crippen molar-refractivity contribution in [1.29, 1.82) is 0 Å². The van der Waals surface area contributed by atoms with E-state index in [0.717, 1.165) is 10.2 Å². The summed E-state index contributed by atoms with van der Waals surface area (Å²) in [4.78, 5) is 28.1. The quantitative estimate of drug-likeness (QED) is 0.497. The summed E-state index contributed by atoms with van der Waals surface area (Å²) in [5, 5.41) is 3.37. The van der Waals surface area contributed by atoms with Gasteiger partial charge in [-0.05, 0) is 30.3 Å². The summed E-state index contributed by atoms with van der Waals surface area (Å²) in [7, 11) is 0. The largest absolute Gasteiger partial charge is 0.486 e. The molecule has 7 nitrogen and oxygen atoms in total. The molecule has 2 aromatic carbocycles. The van der Waals surface area contributed by atoms with Crippen LogP contribution in [0.3, 0.4) is 0 Å². The number of ether oxygens (including phenoxy) is 3. The minimum Gasteiger partial charge on any atom is -0.486 e. The Morgan fingerprint density at radius 3 is 2.83 bits per heavy atom. The average Bonchev–Trinajstić information content (AvgIpc) is 3.17. The molecule has 29 heavy (non-hydrogen) atoms. The highest BCUT2D eigenvalue weighted by Crippen LogP contribution is 2.30. The van der Waals surface area contributed by atoms with Gasteiger partial charge in [0.25, 0.3) is 5.91 Å². The van der Waals surface area contributed by atoms with E-state index in [0.29, 0.717) is 23.1 Å². The molecule has 1 aromatic heterocycles. The van der Waals surface area contributed by atoms with E-state index in [-0.39, 0.29) is 19.3 Å². The number of hydrogen-bond donors (Lipinski definition) is 1. The van der Waals surface area contributed by atoms with Crippen molar-refractivity contribution in [1.82, 2.24) is 10.3 Å². The zero-order chi connectivity index (χ0) is 20.1. The van der Waals surface area contributed by atoms with E-state index in [4.69, 9.17) is 14.2 Å². The minimum absolute atomic E-state index is 0.256. The van der Waals surface area contributed by atoms with Crippen LogP contribution in [0, 0.1) is 0 Å². The predicted octanol–water partition coefficient (Wildman–Crippen LogP) is 2.81. The fourth-order valence-electron chi connectivity index (χ4n) is 2.73. The molecule has 1 aliphatic heterocycles. The van der Waals surface area contributed by atoms with Gasteiger partial charge in [0, 0.05) is 6.08 Å². The monoisotopic (exact) mass is 410 g/mol. The Bertz CT molecular complexity index is 1030. The molecule has 0 radical (unpaired) electrons. The number of benzene rings is 2. The predicted molar refractivity (Wildman–Crippen MR) is 109 cm³/mol. The molecular formula is C21H18N2O5S. The van der Waals surface area contributed by atoms with Gasteiger partial charge in [0.1, 0.15) is 17.7 Å². The van der Waals surface area contributed by atoms with Crippen LogP contribution in [0.4, 0.5) is 0 Å². The van der Waals surface area contributed by atoms with Gasteiger partial charge >= 0.3 is 5.97 Å². The molecule has 8 heteroatoms. The molecule has 3 aromatic rings. The summed E-state index contributed by atoms with van der Waals surface area (Å²) in [6.07, 6.45) is 2.54. The molecule has 0 saturated carbocycles. The standard InChI is InChI=1S/C21H18N2O5S/c24-19(22-11-14-12-26-16-6-2-3-7-17(16)28-14)13-27-21(25)10-9-20-23-15-5-1-4-8-18(15)29-20/h1-10,14H,11-13H2,(H,22,24)/b10-9+/t14-/m0/s1. The van der Waals surface area contributed by atoms with Gasteiger partial charge in [-0.2, -0.15) is 0 Å². The van der Waals surface area contributed by atoms with Gasteiger partial charge in [-0.15, -0.1) is 11.3 Å². The molecule has 0 unspecified atom stereocenters. The molecule has 2 heterocycles. The van der Waals surface area contributed by atoms with Gasteiger partial charge < -0.3 is 19.5 Å². The first-order valence-corrected chi connectivity index (χ1v) is 9.84. The molecule has 4 rings (SSSR count). The maximum atomic E-state index is 11.9. The summed E-state index contributed by atoms with van der Waals surface area (Å²) in [6.45, 7) is 0.224. The van der Waals surface area contributed by atoms with E-state index in [1.165, 1.54) is 17.4 Å². The zero-order valence-electron chi connectivity index (χ0n) is 15.4. The Morgan fingerprint density at radius 2 is 1.97 bits per heavy atom. The molecule has 0 fully saturated rings. The summed E-state index contributed by atoms with van der Waals surface area (Å²) < 4.78 is 17.3. The van der Waals surface area contributed by atoms with E-state index in [1.54, 1.807) is 6.08 Å². The molecular weight excluding hydrogens is 392 g/mol. The average molecular weight is 410 g/mol. The first-order valence-electron chi connectivity index (χ1n) is 9.03. The lowest BCUT2D eigenvalue weighted by atomic mass is 10.2. The van der Waals surface area contributed by atoms with Gasteiger partial charge in [0.05, 0.1) is 16.8 Å². The van der Waals surface area contributed by atoms with Gasteiger partial charge in [-0.3, -0.25) is 4.79 Å². The van der Waals surface area contributed by atoms with Gasteiger partial charge in [0.2, 0.25) is 0 Å². The number of thiazole rings is 1. The Morgan fingerprint density at radius 1 is 1.17 bits per heavy atom. The first kappa shape index (κ1) is 18.9. The van der Waals surface area contributed by atoms with Gasteiger partial charge in [-0.1, -0.05) is 24.3 Å². The Labute approximate surface area is 170 Å². The molecule has 0 spiro atoms. The SMILES string of the molecule is O=C(COC(=O)/C=C/c1nc2ccccc2s1)NC[C@H]1COc2ccccc2O1. The van der Waals surface area contributed by atoms with Crippen molar-refractivity contribution in [2.75, 3.05) is 19.8 Å². The van der Waals surface area contributed by atoms with Crippen LogP contribution < -0.4 is 14.8 Å². The lowest BCUT2D eigenvalue weighted by Gasteiger charge is -2.26. The lowest BCUT2D eigenvalue weighted by molar-refractivity contribution is -0.143. The smallest absolute Gasteiger partial charge is 0.331 e. The van der Waals surface area contributed by atoms with Gasteiger partial charge in [0.15, 0.2) is 18.1 Å². The Balaban J connectivity index is 1.20. The fraction of sp³-hybridized carbons (Fsp3) is 0.190. The van der Waals surface area contributed by atoms with Crippen molar-refractivity contribution < 1.29 is 23.8 Å². The van der Waals surface area contributed by atoms with Crippen molar-refractivity contribution in [2.45, 2.75) is 6.10 Å². The number of hydrogen-bond acceptors (Lipinski definition) is 7. The maximum Gasteiger partial charge on any atom is 0.331 e. The van der Waals surface area contributed by atoms with Crippen LogP contribution in [-0.4, -0.2) is 42.7 Å². The molecule has 0 bridgehead atoms. The van der Waals surface area contributed by atoms with Crippen molar-refractivity contribution >= 4 is 39.5 Å². The molecule has 1 aliphatic rings. The van der Waals surface area contributed by atoms with E-state index in [2.05, 4.69) is 10.3 Å². The third kappa shape index (κ3) is 4.91. The van der Waals surface area contributed by atoms with Crippen molar-refractivity contribution in [3.63, 3.8) is 0 Å². The molecule has 0 saturated heterocycles. The van der Waals surface area contributed by atoms with E-state index in [9.17, 15) is 9.59 Å². The van der Waals surface area contributed by atoms with Crippen LogP contribution in [0.5, 0.6) is 11.5 Å². The van der Waals surface area contributed by atoms with Crippen LogP contribution in [0.15, 0.2) is 54.6 Å². The maximum absolute atomic E-state index is 11.9. The topological polar surface area (TPSA) is 86.8 Å². The number of nitrogens with zero attached hydrogens (tertiary/aromatic N) is 1. The van der Waals surface area contributed by atoms with Crippen LogP contribution in [-0.2, 0) is 14.3 Å². The second kappa shape index (κ2) is 8.74. The highest BCUT2D eigenvalue weighted by Gasteiger charge is 2.21. The molecule has 148 valence electrons. The molecule has 0 aliphatic carbocycles. The third-order valence-electron chi connectivity index (χ3n) is 4.11. The number of fused-ring (bicyclic) bond motifs is 2. The number of nitrogens with one attached hydrogen (secondary N) is 1. The summed E-state index contributed by atoms with van der Waals surface area (Å²) in [6, 6.07) is 15.1. The molecule has 1 atom stereocenters. The summed E-state index contributed by atoms with van der Waals surface area (Å²) in [5.74, 6) is 0.313. The third-order valence-corrected chi connectivity index (χ3v) is 5.11. The number of aromatic nitrogens is 1. The van der Waals surface area contributed by atoms with Crippen LogP contribution in [0.25, 0.3) is 16.3 Å². The Hall–Kier alpha value is -3.39. The number of rotatable bonds is 6. The highest BCUT2D eigenvalue weighted by atomic mass is 32.1. The van der Waals surface area contributed by atoms with Crippen molar-refractivity contribution in [3.05, 3.63) is 59.6 Å². The second-order valence-electron chi connectivity index (χ2n) is 6.26. The second-order valence-corrected chi connectivity index (χ2v) is 7.32. The molecule has 1 N–H and O–H groups in total. The number of carbonyl (C=O) groups is 2. The van der Waals surface area contributed by atoms with Crippen LogP contribution >= 0.6 is 11.3 Å². The van der Waals surface area contributed by atoms with Crippen LogP contribution in [0.1, 0.15) is 5.01 Å². The van der Waals surface area contributed by atoms with Crippen molar-refractivity contribution in [3.8, 4) is 11.5 Å². The first-order chi connectivity index (χ1) is 14.2. The summed E-state index contributed by atoms with van der Waals surface area (Å²) >= 11 is 1.47. The number of amides is 1. The van der Waals surface area contributed by atoms with Crippen molar-refractivity contribution in [2.24, 2.45) is 0 Å². The van der Waals surface area contributed by atoms with Crippen LogP contribution in [0.2, 0.25) is 0 Å². The number of carbonyl (C=O) groups excluding carboxylic acids is 2. The highest BCUT2D eigenvalue weighted by molar-refractivity contribution is 7.19. The Kier molecular flexibility index (Phi) is 5.71. The summed E-state index contributed by atoms with van der Waals surface area (Å²) in [5.41, 5.74) is 0.876. The van der Waals surface area contributed by atoms with E-state index in [1.807, 2.05) is 48.5 Å². The minimum atomic E-state index is -0.606. The normalized spacial score (nSPS) is 15.4. The number of para-hydroxylation sites is 3. The van der Waals surface area contributed by atoms with E-state index >= 15 is 0 Å². The number of esters is 1. The fourth-order valence-corrected chi connectivity index (χ4v) is 3.60. The zero-order valence-corrected chi connectivity index (χ0v) is 16.2.